The first kappa shape index (κ1) is 25.7. The third-order valence-corrected chi connectivity index (χ3v) is 7.25. The van der Waals surface area contributed by atoms with Gasteiger partial charge in [0.1, 0.15) is 12.2 Å². The molecule has 2 aromatic heterocycles. The van der Waals surface area contributed by atoms with Crippen molar-refractivity contribution in [2.24, 2.45) is 0 Å². The van der Waals surface area contributed by atoms with Crippen molar-refractivity contribution in [3.05, 3.63) is 65.8 Å². The Labute approximate surface area is 215 Å². The second-order valence-electron chi connectivity index (χ2n) is 9.75. The van der Waals surface area contributed by atoms with E-state index in [1.54, 1.807) is 17.3 Å². The highest BCUT2D eigenvalue weighted by molar-refractivity contribution is 5.65. The van der Waals surface area contributed by atoms with Crippen LogP contribution < -0.4 is 10.2 Å². The van der Waals surface area contributed by atoms with Crippen LogP contribution in [0.25, 0.3) is 0 Å². The number of aromatic nitrogens is 4. The van der Waals surface area contributed by atoms with Crippen LogP contribution in [0, 0.1) is 5.82 Å². The first-order valence-corrected chi connectivity index (χ1v) is 12.3. The van der Waals surface area contributed by atoms with E-state index in [1.165, 1.54) is 23.4 Å². The van der Waals surface area contributed by atoms with Gasteiger partial charge in [-0.3, -0.25) is 0 Å². The minimum atomic E-state index is -4.43. The first-order chi connectivity index (χ1) is 18.2. The van der Waals surface area contributed by atoms with Crippen molar-refractivity contribution in [3.8, 4) is 0 Å². The molecular formula is C25H27F4N7O2. The average molecular weight is 534 g/mol. The molecule has 1 aromatic carbocycles. The standard InChI is InChI=1S/C25H27F4N7O2/c26-19-20(32-14-24(22-30-9-10-31-22)7-11-35(12-8-24)23(37)38)33-15-34-21(19)36(18-5-6-18)13-16-1-3-17(4-2-16)25(27,28)29/h1-4,9-10,15,18H,5-8,11-14H2,(H,30,31)(H,37,38)(H,32,33,34). The number of nitrogens with one attached hydrogen (secondary N) is 2. The van der Waals surface area contributed by atoms with E-state index >= 15 is 4.39 Å². The van der Waals surface area contributed by atoms with Crippen molar-refractivity contribution in [3.63, 3.8) is 0 Å². The summed E-state index contributed by atoms with van der Waals surface area (Å²) in [4.78, 5) is 30.3. The number of H-pyrrole nitrogens is 1. The zero-order valence-corrected chi connectivity index (χ0v) is 20.4. The maximum Gasteiger partial charge on any atom is 0.416 e. The molecule has 0 bridgehead atoms. The number of nitrogens with zero attached hydrogens (tertiary/aromatic N) is 5. The van der Waals surface area contributed by atoms with Gasteiger partial charge in [-0.05, 0) is 43.4 Å². The fourth-order valence-corrected chi connectivity index (χ4v) is 4.87. The van der Waals surface area contributed by atoms with Crippen LogP contribution in [-0.4, -0.2) is 61.7 Å². The molecule has 0 radical (unpaired) electrons. The van der Waals surface area contributed by atoms with Gasteiger partial charge in [0.05, 0.1) is 5.56 Å². The zero-order valence-electron chi connectivity index (χ0n) is 20.4. The molecular weight excluding hydrogens is 506 g/mol. The summed E-state index contributed by atoms with van der Waals surface area (Å²) >= 11 is 0. The Morgan fingerprint density at radius 3 is 2.45 bits per heavy atom. The Bertz CT molecular complexity index is 1260. The van der Waals surface area contributed by atoms with E-state index < -0.39 is 29.1 Å². The number of carboxylic acid groups (broad SMARTS) is 1. The quantitative estimate of drug-likeness (QED) is 0.362. The SMILES string of the molecule is O=C(O)N1CCC(CNc2ncnc(N(Cc3ccc(C(F)(F)F)cc3)C3CC3)c2F)(c2ncc[nH]2)CC1. The molecule has 0 atom stereocenters. The predicted octanol–water partition coefficient (Wildman–Crippen LogP) is 4.65. The Morgan fingerprint density at radius 2 is 1.87 bits per heavy atom. The lowest BCUT2D eigenvalue weighted by Crippen LogP contribution is -2.48. The van der Waals surface area contributed by atoms with Crippen LogP contribution in [0.3, 0.4) is 0 Å². The fraction of sp³-hybridized carbons (Fsp3) is 0.440. The smallest absolute Gasteiger partial charge is 0.416 e. The number of amides is 1. The summed E-state index contributed by atoms with van der Waals surface area (Å²) in [6.07, 6.45) is 1.80. The number of alkyl halides is 3. The Hall–Kier alpha value is -3.90. The molecule has 0 spiro atoms. The highest BCUT2D eigenvalue weighted by Crippen LogP contribution is 2.37. The zero-order chi connectivity index (χ0) is 26.9. The molecule has 9 nitrogen and oxygen atoms in total. The average Bonchev–Trinajstić information content (AvgIpc) is 3.58. The molecule has 3 heterocycles. The molecule has 0 unspecified atom stereocenters. The Kier molecular flexibility index (Phi) is 6.84. The van der Waals surface area contributed by atoms with Gasteiger partial charge in [0.25, 0.3) is 0 Å². The number of halogens is 4. The summed E-state index contributed by atoms with van der Waals surface area (Å²) in [5, 5.41) is 12.4. The van der Waals surface area contributed by atoms with Crippen molar-refractivity contribution < 1.29 is 27.5 Å². The van der Waals surface area contributed by atoms with Crippen LogP contribution in [0.5, 0.6) is 0 Å². The van der Waals surface area contributed by atoms with Gasteiger partial charge in [-0.1, -0.05) is 12.1 Å². The van der Waals surface area contributed by atoms with Crippen molar-refractivity contribution in [2.45, 2.75) is 49.9 Å². The molecule has 1 aliphatic carbocycles. The summed E-state index contributed by atoms with van der Waals surface area (Å²) < 4.78 is 54.6. The van der Waals surface area contributed by atoms with E-state index in [0.29, 0.717) is 37.3 Å². The minimum Gasteiger partial charge on any atom is -0.465 e. The van der Waals surface area contributed by atoms with Crippen LogP contribution >= 0.6 is 0 Å². The third-order valence-electron chi connectivity index (χ3n) is 7.25. The lowest BCUT2D eigenvalue weighted by molar-refractivity contribution is -0.137. The Balaban J connectivity index is 1.34. The van der Waals surface area contributed by atoms with Gasteiger partial charge < -0.3 is 25.2 Å². The van der Waals surface area contributed by atoms with Gasteiger partial charge in [-0.25, -0.2) is 19.7 Å². The molecule has 1 saturated heterocycles. The van der Waals surface area contributed by atoms with Crippen molar-refractivity contribution in [2.75, 3.05) is 29.9 Å². The van der Waals surface area contributed by atoms with Gasteiger partial charge in [-0.15, -0.1) is 0 Å². The van der Waals surface area contributed by atoms with Gasteiger partial charge >= 0.3 is 12.3 Å². The van der Waals surface area contributed by atoms with Crippen molar-refractivity contribution in [1.82, 2.24) is 24.8 Å². The number of imidazole rings is 1. The lowest BCUT2D eigenvalue weighted by Gasteiger charge is -2.39. The van der Waals surface area contributed by atoms with E-state index in [4.69, 9.17) is 0 Å². The summed E-state index contributed by atoms with van der Waals surface area (Å²) in [5.41, 5.74) is -0.679. The number of likely N-dealkylation sites (tertiary alicyclic amines) is 1. The molecule has 202 valence electrons. The molecule has 2 fully saturated rings. The predicted molar refractivity (Wildman–Crippen MR) is 130 cm³/mol. The number of hydrogen-bond acceptors (Lipinski definition) is 6. The van der Waals surface area contributed by atoms with E-state index in [-0.39, 0.29) is 30.8 Å². The largest absolute Gasteiger partial charge is 0.465 e. The number of benzene rings is 1. The Morgan fingerprint density at radius 1 is 1.16 bits per heavy atom. The van der Waals surface area contributed by atoms with E-state index in [0.717, 1.165) is 25.0 Å². The molecule has 2 aliphatic rings. The molecule has 3 N–H and O–H groups in total. The summed E-state index contributed by atoms with van der Waals surface area (Å²) in [5.74, 6) is 0.118. The molecule has 1 amide bonds. The highest BCUT2D eigenvalue weighted by atomic mass is 19.4. The first-order valence-electron chi connectivity index (χ1n) is 12.3. The summed E-state index contributed by atoms with van der Waals surface area (Å²) in [7, 11) is 0. The maximum absolute atomic E-state index is 15.7. The van der Waals surface area contributed by atoms with E-state index in [1.807, 2.05) is 0 Å². The van der Waals surface area contributed by atoms with Crippen LogP contribution in [-0.2, 0) is 18.1 Å². The van der Waals surface area contributed by atoms with Crippen LogP contribution in [0.4, 0.5) is 34.0 Å². The van der Waals surface area contributed by atoms with Gasteiger partial charge in [0.2, 0.25) is 5.82 Å². The van der Waals surface area contributed by atoms with Gasteiger partial charge in [0.15, 0.2) is 11.6 Å². The second kappa shape index (κ2) is 10.1. The van der Waals surface area contributed by atoms with E-state index in [2.05, 4.69) is 25.3 Å². The number of hydrogen-bond donors (Lipinski definition) is 3. The summed E-state index contributed by atoms with van der Waals surface area (Å²) in [6, 6.07) is 4.87. The number of carbonyl (C=O) groups is 1. The minimum absolute atomic E-state index is 0.000311. The lowest BCUT2D eigenvalue weighted by atomic mass is 9.77. The third kappa shape index (κ3) is 5.36. The van der Waals surface area contributed by atoms with Crippen molar-refractivity contribution in [1.29, 1.82) is 0 Å². The maximum atomic E-state index is 15.7. The van der Waals surface area contributed by atoms with E-state index in [9.17, 15) is 23.1 Å². The highest BCUT2D eigenvalue weighted by Gasteiger charge is 2.40. The van der Waals surface area contributed by atoms with Crippen LogP contribution in [0.1, 0.15) is 42.6 Å². The normalized spacial score (nSPS) is 17.3. The van der Waals surface area contributed by atoms with Crippen LogP contribution in [0.2, 0.25) is 0 Å². The molecule has 38 heavy (non-hydrogen) atoms. The van der Waals surface area contributed by atoms with Gasteiger partial charge in [-0.2, -0.15) is 17.6 Å². The number of aromatic amines is 1. The molecule has 1 saturated carbocycles. The second-order valence-corrected chi connectivity index (χ2v) is 9.75. The molecule has 3 aromatic rings. The molecule has 13 heteroatoms. The number of anilines is 2. The van der Waals surface area contributed by atoms with Gasteiger partial charge in [0, 0.05) is 50.0 Å². The summed E-state index contributed by atoms with van der Waals surface area (Å²) in [6.45, 7) is 1.11. The fourth-order valence-electron chi connectivity index (χ4n) is 4.87. The monoisotopic (exact) mass is 533 g/mol. The van der Waals surface area contributed by atoms with Crippen LogP contribution in [0.15, 0.2) is 43.0 Å². The molecule has 5 rings (SSSR count). The number of rotatable bonds is 8. The topological polar surface area (TPSA) is 110 Å². The molecule has 1 aliphatic heterocycles. The van der Waals surface area contributed by atoms with Crippen molar-refractivity contribution >= 4 is 17.7 Å². The number of piperidine rings is 1.